The molecule has 1 atom stereocenters. The minimum Gasteiger partial charge on any atom is -0.466 e. The Morgan fingerprint density at radius 1 is 1.12 bits per heavy atom. The number of esters is 1. The van der Waals surface area contributed by atoms with Crippen LogP contribution in [0.3, 0.4) is 0 Å². The van der Waals surface area contributed by atoms with Crippen molar-refractivity contribution in [2.24, 2.45) is 0 Å². The highest BCUT2D eigenvalue weighted by molar-refractivity contribution is 5.90. The molecule has 0 aliphatic carbocycles. The van der Waals surface area contributed by atoms with Crippen molar-refractivity contribution in [1.82, 2.24) is 15.5 Å². The largest absolute Gasteiger partial charge is 0.466 e. The van der Waals surface area contributed by atoms with Crippen molar-refractivity contribution < 1.29 is 28.7 Å². The molecule has 0 saturated carbocycles. The topological polar surface area (TPSA) is 114 Å². The van der Waals surface area contributed by atoms with E-state index in [9.17, 15) is 19.2 Å². The molecule has 32 heavy (non-hydrogen) atoms. The zero-order valence-electron chi connectivity index (χ0n) is 19.2. The average molecular weight is 448 g/mol. The van der Waals surface area contributed by atoms with Crippen LogP contribution in [-0.2, 0) is 23.9 Å². The number of nitrogens with zero attached hydrogens (tertiary/aromatic N) is 1. The lowest BCUT2D eigenvalue weighted by atomic mass is 10.0. The maximum absolute atomic E-state index is 13.0. The van der Waals surface area contributed by atoms with E-state index in [0.29, 0.717) is 5.56 Å². The lowest BCUT2D eigenvalue weighted by molar-refractivity contribution is -0.143. The number of rotatable bonds is 11. The molecule has 0 heterocycles. The van der Waals surface area contributed by atoms with E-state index in [1.165, 1.54) is 11.0 Å². The summed E-state index contributed by atoms with van der Waals surface area (Å²) in [4.78, 5) is 50.8. The summed E-state index contributed by atoms with van der Waals surface area (Å²) in [6, 6.07) is 7.76. The van der Waals surface area contributed by atoms with E-state index < -0.39 is 35.5 Å². The lowest BCUT2D eigenvalue weighted by Crippen LogP contribution is -2.48. The van der Waals surface area contributed by atoms with Gasteiger partial charge in [0.2, 0.25) is 11.8 Å². The molecule has 2 N–H and O–H groups in total. The van der Waals surface area contributed by atoms with Crippen LogP contribution >= 0.6 is 0 Å². The summed E-state index contributed by atoms with van der Waals surface area (Å²) in [5, 5.41) is 5.10. The van der Waals surface area contributed by atoms with Gasteiger partial charge in [-0.1, -0.05) is 36.4 Å². The highest BCUT2D eigenvalue weighted by Gasteiger charge is 2.31. The van der Waals surface area contributed by atoms with Gasteiger partial charge in [-0.3, -0.25) is 14.4 Å². The summed E-state index contributed by atoms with van der Waals surface area (Å²) in [5.41, 5.74) is -0.132. The van der Waals surface area contributed by atoms with Gasteiger partial charge >= 0.3 is 12.1 Å². The van der Waals surface area contributed by atoms with Crippen LogP contribution < -0.4 is 10.6 Å². The van der Waals surface area contributed by atoms with Crippen LogP contribution in [0.5, 0.6) is 0 Å². The molecule has 9 heteroatoms. The maximum atomic E-state index is 13.0. The third-order valence-corrected chi connectivity index (χ3v) is 4.04. The van der Waals surface area contributed by atoms with E-state index in [1.54, 1.807) is 58.0 Å². The molecule has 9 nitrogen and oxygen atoms in total. The first-order valence-corrected chi connectivity index (χ1v) is 10.4. The van der Waals surface area contributed by atoms with Crippen LogP contribution in [0.4, 0.5) is 4.79 Å². The Labute approximate surface area is 189 Å². The molecule has 0 aliphatic rings. The quantitative estimate of drug-likeness (QED) is 0.398. The fourth-order valence-corrected chi connectivity index (χ4v) is 2.78. The third-order valence-electron chi connectivity index (χ3n) is 4.04. The number of carbonyl (C=O) groups is 4. The minimum absolute atomic E-state index is 0.0106. The van der Waals surface area contributed by atoms with Crippen LogP contribution in [-0.4, -0.2) is 60.6 Å². The monoisotopic (exact) mass is 447 g/mol. The fraction of sp³-hybridized carbons (Fsp3) is 0.478. The van der Waals surface area contributed by atoms with E-state index in [4.69, 9.17) is 9.47 Å². The van der Waals surface area contributed by atoms with Crippen LogP contribution in [0.1, 0.15) is 45.7 Å². The molecule has 0 fully saturated rings. The Kier molecular flexibility index (Phi) is 11.0. The number of carbonyl (C=O) groups excluding carboxylic acids is 4. The molecule has 176 valence electrons. The second kappa shape index (κ2) is 13.1. The summed E-state index contributed by atoms with van der Waals surface area (Å²) in [6.07, 6.45) is 0.767. The molecule has 1 rings (SSSR count). The van der Waals surface area contributed by atoms with Crippen molar-refractivity contribution in [1.29, 1.82) is 0 Å². The fourth-order valence-electron chi connectivity index (χ4n) is 2.78. The summed E-state index contributed by atoms with van der Waals surface area (Å²) in [7, 11) is 0. The van der Waals surface area contributed by atoms with E-state index >= 15 is 0 Å². The smallest absolute Gasteiger partial charge is 0.408 e. The molecule has 3 amide bonds. The zero-order chi connectivity index (χ0) is 24.1. The highest BCUT2D eigenvalue weighted by atomic mass is 16.6. The predicted molar refractivity (Wildman–Crippen MR) is 120 cm³/mol. The molecule has 1 unspecified atom stereocenters. The van der Waals surface area contributed by atoms with Crippen molar-refractivity contribution in [2.45, 2.75) is 45.8 Å². The van der Waals surface area contributed by atoms with Gasteiger partial charge in [-0.25, -0.2) is 4.79 Å². The maximum Gasteiger partial charge on any atom is 0.408 e. The number of ether oxygens (including phenoxy) is 2. The van der Waals surface area contributed by atoms with Crippen molar-refractivity contribution in [2.75, 3.05) is 26.2 Å². The van der Waals surface area contributed by atoms with Crippen LogP contribution in [0, 0.1) is 0 Å². The molecule has 1 aromatic rings. The molecule has 0 bridgehead atoms. The molecule has 0 aromatic heterocycles. The molecule has 0 saturated heterocycles. The molecule has 0 aliphatic heterocycles. The van der Waals surface area contributed by atoms with Gasteiger partial charge in [-0.2, -0.15) is 0 Å². The van der Waals surface area contributed by atoms with Gasteiger partial charge in [0.25, 0.3) is 0 Å². The Balaban J connectivity index is 2.98. The molecule has 0 spiro atoms. The third kappa shape index (κ3) is 9.63. The number of hydrogen-bond acceptors (Lipinski definition) is 6. The summed E-state index contributed by atoms with van der Waals surface area (Å²) >= 11 is 0. The van der Waals surface area contributed by atoms with Crippen LogP contribution in [0.15, 0.2) is 43.0 Å². The van der Waals surface area contributed by atoms with Gasteiger partial charge in [-0.05, 0) is 33.3 Å². The average Bonchev–Trinajstić information content (AvgIpc) is 2.71. The first kappa shape index (κ1) is 26.7. The van der Waals surface area contributed by atoms with E-state index in [1.807, 2.05) is 0 Å². The molecular formula is C23H33N3O6. The SMILES string of the molecule is C=CCN(C(=O)CNC(=O)OC(C)(C)C)C(C(=O)NCCC(=O)OCC)c1ccccc1. The zero-order valence-corrected chi connectivity index (χ0v) is 19.2. The Morgan fingerprint density at radius 2 is 1.78 bits per heavy atom. The van der Waals surface area contributed by atoms with E-state index in [2.05, 4.69) is 17.2 Å². The minimum atomic E-state index is -0.982. The first-order valence-electron chi connectivity index (χ1n) is 10.4. The van der Waals surface area contributed by atoms with Gasteiger partial charge in [0.05, 0.1) is 13.0 Å². The van der Waals surface area contributed by atoms with Crippen molar-refractivity contribution in [3.63, 3.8) is 0 Å². The van der Waals surface area contributed by atoms with Gasteiger partial charge in [-0.15, -0.1) is 6.58 Å². The van der Waals surface area contributed by atoms with Gasteiger partial charge in [0, 0.05) is 13.1 Å². The van der Waals surface area contributed by atoms with Crippen LogP contribution in [0.2, 0.25) is 0 Å². The predicted octanol–water partition coefficient (Wildman–Crippen LogP) is 2.34. The summed E-state index contributed by atoms with van der Waals surface area (Å²) in [5.74, 6) is -1.39. The number of alkyl carbamates (subject to hydrolysis) is 1. The van der Waals surface area contributed by atoms with Gasteiger partial charge in [0.15, 0.2) is 0 Å². The van der Waals surface area contributed by atoms with Crippen molar-refractivity contribution >= 4 is 23.9 Å². The van der Waals surface area contributed by atoms with Gasteiger partial charge < -0.3 is 25.0 Å². The number of nitrogens with one attached hydrogen (secondary N) is 2. The first-order chi connectivity index (χ1) is 15.1. The normalized spacial score (nSPS) is 11.6. The molecule has 0 radical (unpaired) electrons. The van der Waals surface area contributed by atoms with Crippen LogP contribution in [0.25, 0.3) is 0 Å². The second-order valence-electron chi connectivity index (χ2n) is 7.85. The van der Waals surface area contributed by atoms with Crippen molar-refractivity contribution in [3.8, 4) is 0 Å². The van der Waals surface area contributed by atoms with E-state index in [0.717, 1.165) is 0 Å². The number of hydrogen-bond donors (Lipinski definition) is 2. The second-order valence-corrected chi connectivity index (χ2v) is 7.85. The number of amides is 3. The Morgan fingerprint density at radius 3 is 2.34 bits per heavy atom. The highest BCUT2D eigenvalue weighted by Crippen LogP contribution is 2.21. The summed E-state index contributed by atoms with van der Waals surface area (Å²) < 4.78 is 10.0. The molecular weight excluding hydrogens is 414 g/mol. The van der Waals surface area contributed by atoms with E-state index in [-0.39, 0.29) is 32.7 Å². The van der Waals surface area contributed by atoms with Gasteiger partial charge in [0.1, 0.15) is 18.2 Å². The summed E-state index contributed by atoms with van der Waals surface area (Å²) in [6.45, 7) is 10.5. The number of benzene rings is 1. The van der Waals surface area contributed by atoms with Crippen molar-refractivity contribution in [3.05, 3.63) is 48.6 Å². The Bertz CT molecular complexity index is 789. The Hall–Kier alpha value is -3.36. The standard InChI is InChI=1S/C23H33N3O6/c1-6-15-26(18(27)16-25-22(30)32-23(3,4)5)20(17-11-9-8-10-12-17)21(29)24-14-13-19(28)31-7-2/h6,8-12,20H,1,7,13-16H2,2-5H3,(H,24,29)(H,25,30). The molecule has 1 aromatic carbocycles. The lowest BCUT2D eigenvalue weighted by Gasteiger charge is -2.30.